The second-order valence-corrected chi connectivity index (χ2v) is 8.28. The molecule has 29 heavy (non-hydrogen) atoms. The van der Waals surface area contributed by atoms with Crippen molar-refractivity contribution >= 4 is 23.1 Å². The molecule has 1 aliphatic carbocycles. The Morgan fingerprint density at radius 3 is 2.69 bits per heavy atom. The fourth-order valence-electron chi connectivity index (χ4n) is 4.29. The molecule has 1 N–H and O–H groups in total. The maximum Gasteiger partial charge on any atom is 0.336 e. The van der Waals surface area contributed by atoms with Crippen LogP contribution in [0.15, 0.2) is 64.3 Å². The molecule has 0 fully saturated rings. The molecule has 0 spiro atoms. The molecule has 5 nitrogen and oxygen atoms in total. The summed E-state index contributed by atoms with van der Waals surface area (Å²) in [5.41, 5.74) is 3.93. The minimum atomic E-state index is -0.400. The maximum atomic E-state index is 13.3. The summed E-state index contributed by atoms with van der Waals surface area (Å²) < 4.78 is 10.4. The highest BCUT2D eigenvalue weighted by Crippen LogP contribution is 2.46. The Bertz CT molecular complexity index is 1020. The minimum Gasteiger partial charge on any atom is -0.497 e. The van der Waals surface area contributed by atoms with Crippen LogP contribution in [0.2, 0.25) is 0 Å². The van der Waals surface area contributed by atoms with E-state index in [2.05, 4.69) is 5.32 Å². The van der Waals surface area contributed by atoms with Crippen LogP contribution < -0.4 is 10.1 Å². The fraction of sp³-hybridized carbons (Fsp3) is 0.304. The van der Waals surface area contributed by atoms with Gasteiger partial charge in [0, 0.05) is 28.3 Å². The number of dihydropyridines is 1. The van der Waals surface area contributed by atoms with Gasteiger partial charge in [-0.25, -0.2) is 4.79 Å². The molecule has 0 saturated heterocycles. The highest BCUT2D eigenvalue weighted by molar-refractivity contribution is 7.10. The number of hydrogen-bond donors (Lipinski definition) is 1. The lowest BCUT2D eigenvalue weighted by molar-refractivity contribution is -0.136. The first-order valence-corrected chi connectivity index (χ1v) is 10.4. The van der Waals surface area contributed by atoms with E-state index in [9.17, 15) is 9.59 Å². The summed E-state index contributed by atoms with van der Waals surface area (Å²) >= 11 is 1.55. The van der Waals surface area contributed by atoms with E-state index in [1.807, 2.05) is 48.7 Å². The number of nitrogens with one attached hydrogen (secondary N) is 1. The zero-order valence-corrected chi connectivity index (χ0v) is 17.5. The summed E-state index contributed by atoms with van der Waals surface area (Å²) in [5, 5.41) is 5.31. The Hall–Kier alpha value is -2.86. The third-order valence-corrected chi connectivity index (χ3v) is 6.56. The van der Waals surface area contributed by atoms with Crippen molar-refractivity contribution in [3.8, 4) is 5.75 Å². The molecule has 0 bridgehead atoms. The maximum absolute atomic E-state index is 13.3. The number of methoxy groups -OCH3 is 2. The molecular formula is C23H23NO4S. The lowest BCUT2D eigenvalue weighted by atomic mass is 9.73. The van der Waals surface area contributed by atoms with Crippen molar-refractivity contribution in [2.45, 2.75) is 31.6 Å². The van der Waals surface area contributed by atoms with Gasteiger partial charge < -0.3 is 14.8 Å². The van der Waals surface area contributed by atoms with Gasteiger partial charge in [0.2, 0.25) is 0 Å². The van der Waals surface area contributed by atoms with Crippen LogP contribution in [0.25, 0.3) is 0 Å². The van der Waals surface area contributed by atoms with Gasteiger partial charge in [-0.05, 0) is 48.4 Å². The van der Waals surface area contributed by atoms with Gasteiger partial charge >= 0.3 is 5.97 Å². The SMILES string of the molecule is COC(=O)C1=C(C)NC2=C(C(=O)C[C@@H](c3cccc(OC)c3)C2)[C@H]1c1cccs1. The van der Waals surface area contributed by atoms with Crippen LogP contribution in [0, 0.1) is 0 Å². The van der Waals surface area contributed by atoms with Gasteiger partial charge in [0.15, 0.2) is 5.78 Å². The van der Waals surface area contributed by atoms with Crippen LogP contribution in [-0.4, -0.2) is 26.0 Å². The predicted octanol–water partition coefficient (Wildman–Crippen LogP) is 4.29. The molecule has 0 radical (unpaired) electrons. The monoisotopic (exact) mass is 409 g/mol. The predicted molar refractivity (Wildman–Crippen MR) is 112 cm³/mol. The summed E-state index contributed by atoms with van der Waals surface area (Å²) in [5.74, 6) is 0.145. The first kappa shape index (κ1) is 19.5. The van der Waals surface area contributed by atoms with E-state index in [-0.39, 0.29) is 17.6 Å². The molecule has 150 valence electrons. The van der Waals surface area contributed by atoms with Crippen LogP contribution in [0.5, 0.6) is 5.75 Å². The third-order valence-electron chi connectivity index (χ3n) is 5.63. The zero-order chi connectivity index (χ0) is 20.5. The quantitative estimate of drug-likeness (QED) is 0.763. The molecule has 1 aromatic carbocycles. The fourth-order valence-corrected chi connectivity index (χ4v) is 5.13. The van der Waals surface area contributed by atoms with E-state index in [1.165, 1.54) is 7.11 Å². The van der Waals surface area contributed by atoms with Crippen molar-refractivity contribution in [3.05, 3.63) is 74.8 Å². The number of esters is 1. The van der Waals surface area contributed by atoms with Gasteiger partial charge in [-0.3, -0.25) is 4.79 Å². The summed E-state index contributed by atoms with van der Waals surface area (Å²) in [6, 6.07) is 11.8. The molecule has 2 atom stereocenters. The Morgan fingerprint density at radius 2 is 2.00 bits per heavy atom. The van der Waals surface area contributed by atoms with Crippen molar-refractivity contribution in [2.24, 2.45) is 0 Å². The van der Waals surface area contributed by atoms with Crippen LogP contribution in [-0.2, 0) is 14.3 Å². The number of hydrogen-bond acceptors (Lipinski definition) is 6. The number of benzene rings is 1. The van der Waals surface area contributed by atoms with Crippen molar-refractivity contribution in [1.29, 1.82) is 0 Å². The lowest BCUT2D eigenvalue weighted by Crippen LogP contribution is -2.35. The zero-order valence-electron chi connectivity index (χ0n) is 16.7. The third kappa shape index (κ3) is 3.49. The molecule has 0 unspecified atom stereocenters. The number of ether oxygens (including phenoxy) is 2. The Balaban J connectivity index is 1.76. The first-order chi connectivity index (χ1) is 14.0. The van der Waals surface area contributed by atoms with Crippen LogP contribution in [0.4, 0.5) is 0 Å². The second-order valence-electron chi connectivity index (χ2n) is 7.30. The Kier molecular flexibility index (Phi) is 5.28. The summed E-state index contributed by atoms with van der Waals surface area (Å²) in [7, 11) is 3.02. The van der Waals surface area contributed by atoms with Crippen molar-refractivity contribution in [3.63, 3.8) is 0 Å². The number of carbonyl (C=O) groups is 2. The lowest BCUT2D eigenvalue weighted by Gasteiger charge is -2.36. The van der Waals surface area contributed by atoms with Gasteiger partial charge in [-0.15, -0.1) is 11.3 Å². The first-order valence-electron chi connectivity index (χ1n) is 9.53. The standard InChI is InChI=1S/C23H23NO4S/c1-13-20(23(26)28-3)22(19-8-5-9-29-19)21-17(24-13)11-15(12-18(21)25)14-6-4-7-16(10-14)27-2/h4-10,15,22,24H,11-12H2,1-3H3/t15-,22-/m0/s1. The molecule has 6 heteroatoms. The van der Waals surface area contributed by atoms with Crippen molar-refractivity contribution in [1.82, 2.24) is 5.32 Å². The topological polar surface area (TPSA) is 64.6 Å². The van der Waals surface area contributed by atoms with Gasteiger partial charge in [0.25, 0.3) is 0 Å². The average Bonchev–Trinajstić information content (AvgIpc) is 3.26. The molecule has 2 aromatic rings. The molecule has 4 rings (SSSR count). The van der Waals surface area contributed by atoms with Gasteiger partial charge in [-0.2, -0.15) is 0 Å². The number of thiophene rings is 1. The van der Waals surface area contributed by atoms with Crippen LogP contribution >= 0.6 is 11.3 Å². The molecule has 0 amide bonds. The molecule has 1 aromatic heterocycles. The molecule has 2 aliphatic rings. The summed E-state index contributed by atoms with van der Waals surface area (Å²) in [6.07, 6.45) is 1.12. The average molecular weight is 410 g/mol. The summed E-state index contributed by atoms with van der Waals surface area (Å²) in [4.78, 5) is 26.9. The Morgan fingerprint density at radius 1 is 1.17 bits per heavy atom. The van der Waals surface area contributed by atoms with E-state index >= 15 is 0 Å². The van der Waals surface area contributed by atoms with E-state index < -0.39 is 5.97 Å². The van der Waals surface area contributed by atoms with Crippen LogP contribution in [0.3, 0.4) is 0 Å². The second kappa shape index (κ2) is 7.87. The Labute approximate surface area is 174 Å². The van der Waals surface area contributed by atoms with E-state index in [4.69, 9.17) is 9.47 Å². The number of Topliss-reactive ketones (excluding diaryl/α,β-unsaturated/α-hetero) is 1. The summed E-state index contributed by atoms with van der Waals surface area (Å²) in [6.45, 7) is 1.87. The highest BCUT2D eigenvalue weighted by Gasteiger charge is 2.41. The number of carbonyl (C=O) groups excluding carboxylic acids is 2. The smallest absolute Gasteiger partial charge is 0.336 e. The van der Waals surface area contributed by atoms with E-state index in [0.29, 0.717) is 24.0 Å². The largest absolute Gasteiger partial charge is 0.497 e. The van der Waals surface area contributed by atoms with Crippen molar-refractivity contribution in [2.75, 3.05) is 14.2 Å². The minimum absolute atomic E-state index is 0.0684. The highest BCUT2D eigenvalue weighted by atomic mass is 32.1. The van der Waals surface area contributed by atoms with E-state index in [0.717, 1.165) is 27.6 Å². The number of ketones is 1. The molecular weight excluding hydrogens is 386 g/mol. The normalized spacial score (nSPS) is 21.6. The molecule has 0 saturated carbocycles. The number of rotatable bonds is 4. The van der Waals surface area contributed by atoms with Gasteiger partial charge in [0.1, 0.15) is 5.75 Å². The van der Waals surface area contributed by atoms with Crippen molar-refractivity contribution < 1.29 is 19.1 Å². The van der Waals surface area contributed by atoms with Crippen LogP contribution in [0.1, 0.15) is 42.0 Å². The van der Waals surface area contributed by atoms with Gasteiger partial charge in [-0.1, -0.05) is 18.2 Å². The number of allylic oxidation sites excluding steroid dienone is 3. The molecule has 2 heterocycles. The molecule has 1 aliphatic heterocycles. The van der Waals surface area contributed by atoms with E-state index in [1.54, 1.807) is 18.4 Å². The van der Waals surface area contributed by atoms with Gasteiger partial charge in [0.05, 0.1) is 25.7 Å².